The van der Waals surface area contributed by atoms with Gasteiger partial charge in [0.25, 0.3) is 23.4 Å². The summed E-state index contributed by atoms with van der Waals surface area (Å²) >= 11 is 0. The molecule has 0 radical (unpaired) electrons. The van der Waals surface area contributed by atoms with Crippen molar-refractivity contribution in [2.45, 2.75) is 50.7 Å². The number of halogens is 2. The number of benzene rings is 2. The van der Waals surface area contributed by atoms with Gasteiger partial charge in [0, 0.05) is 48.5 Å². The molecular weight excluding hydrogens is 530 g/mol. The maximum absolute atomic E-state index is 13.9. The number of non-ortho nitro benzene ring substituents is 1. The summed E-state index contributed by atoms with van der Waals surface area (Å²) in [6.07, 6.45) is 2.25. The van der Waals surface area contributed by atoms with E-state index in [1.54, 1.807) is 0 Å². The average molecular weight is 559 g/mol. The van der Waals surface area contributed by atoms with Crippen molar-refractivity contribution in [1.82, 2.24) is 15.1 Å². The third kappa shape index (κ3) is 6.41. The molecule has 2 atom stereocenters. The van der Waals surface area contributed by atoms with Crippen molar-refractivity contribution < 1.29 is 38.0 Å². The lowest BCUT2D eigenvalue weighted by atomic mass is 9.82. The van der Waals surface area contributed by atoms with Gasteiger partial charge in [-0.2, -0.15) is 0 Å². The van der Waals surface area contributed by atoms with Gasteiger partial charge in [-0.15, -0.1) is 0 Å². The van der Waals surface area contributed by atoms with Crippen LogP contribution in [-0.2, 0) is 9.59 Å². The van der Waals surface area contributed by atoms with Crippen LogP contribution in [0.25, 0.3) is 0 Å². The first kappa shape index (κ1) is 28.6. The number of nitro benzene ring substituents is 1. The molecule has 212 valence electrons. The van der Waals surface area contributed by atoms with E-state index in [0.29, 0.717) is 18.9 Å². The van der Waals surface area contributed by atoms with Crippen molar-refractivity contribution >= 4 is 29.4 Å². The Morgan fingerprint density at radius 1 is 0.925 bits per heavy atom. The first-order valence-corrected chi connectivity index (χ1v) is 12.9. The maximum Gasteiger partial charge on any atom is 0.305 e. The smallest absolute Gasteiger partial charge is 0.305 e. The lowest BCUT2D eigenvalue weighted by molar-refractivity contribution is -0.384. The number of nitro groups is 1. The van der Waals surface area contributed by atoms with Crippen LogP contribution < -0.4 is 5.32 Å². The quantitative estimate of drug-likeness (QED) is 0.373. The summed E-state index contributed by atoms with van der Waals surface area (Å²) in [6, 6.07) is 6.16. The van der Waals surface area contributed by atoms with Crippen LogP contribution >= 0.6 is 0 Å². The van der Waals surface area contributed by atoms with Crippen molar-refractivity contribution in [3.63, 3.8) is 0 Å². The van der Waals surface area contributed by atoms with Crippen molar-refractivity contribution in [3.05, 3.63) is 75.3 Å². The Morgan fingerprint density at radius 2 is 1.48 bits per heavy atom. The number of carbonyl (C=O) groups is 4. The first-order chi connectivity index (χ1) is 19.0. The van der Waals surface area contributed by atoms with E-state index in [2.05, 4.69) is 5.32 Å². The molecule has 2 aromatic carbocycles. The molecule has 13 heteroatoms. The Morgan fingerprint density at radius 3 is 2.00 bits per heavy atom. The van der Waals surface area contributed by atoms with Crippen LogP contribution in [0.5, 0.6) is 0 Å². The van der Waals surface area contributed by atoms with E-state index in [-0.39, 0.29) is 42.2 Å². The first-order valence-electron chi connectivity index (χ1n) is 12.9. The van der Waals surface area contributed by atoms with Gasteiger partial charge in [0.15, 0.2) is 6.17 Å². The molecule has 1 aliphatic carbocycles. The second-order valence-corrected chi connectivity index (χ2v) is 9.94. The van der Waals surface area contributed by atoms with E-state index in [1.807, 2.05) is 0 Å². The van der Waals surface area contributed by atoms with Gasteiger partial charge in [-0.25, -0.2) is 8.78 Å². The summed E-state index contributed by atoms with van der Waals surface area (Å²) in [7, 11) is 0. The van der Waals surface area contributed by atoms with Crippen LogP contribution in [0.15, 0.2) is 42.5 Å². The fourth-order valence-corrected chi connectivity index (χ4v) is 5.39. The van der Waals surface area contributed by atoms with E-state index in [1.165, 1.54) is 12.1 Å². The molecule has 1 aliphatic heterocycles. The molecule has 4 rings (SSSR count). The van der Waals surface area contributed by atoms with Crippen LogP contribution in [-0.4, -0.2) is 68.8 Å². The molecule has 2 fully saturated rings. The molecule has 3 amide bonds. The molecule has 1 heterocycles. The highest BCUT2D eigenvalue weighted by Crippen LogP contribution is 2.29. The van der Waals surface area contributed by atoms with Crippen molar-refractivity contribution in [2.75, 3.05) is 13.1 Å². The van der Waals surface area contributed by atoms with Gasteiger partial charge in [0.2, 0.25) is 0 Å². The van der Waals surface area contributed by atoms with Gasteiger partial charge in [0.05, 0.1) is 11.3 Å². The number of carboxylic acids is 1. The topological polar surface area (TPSA) is 150 Å². The minimum absolute atomic E-state index is 0.0175. The number of amides is 3. The fourth-order valence-electron chi connectivity index (χ4n) is 5.39. The van der Waals surface area contributed by atoms with Crippen LogP contribution in [0.1, 0.15) is 59.2 Å². The highest BCUT2D eigenvalue weighted by molar-refractivity contribution is 6.02. The Kier molecular flexibility index (Phi) is 8.70. The summed E-state index contributed by atoms with van der Waals surface area (Å²) in [6.45, 7) is -0.273. The van der Waals surface area contributed by atoms with Crippen LogP contribution in [0.4, 0.5) is 14.5 Å². The Balaban J connectivity index is 1.66. The van der Waals surface area contributed by atoms with Gasteiger partial charge in [0.1, 0.15) is 11.6 Å². The van der Waals surface area contributed by atoms with Gasteiger partial charge >= 0.3 is 5.97 Å². The lowest BCUT2D eigenvalue weighted by Gasteiger charge is -2.34. The highest BCUT2D eigenvalue weighted by atomic mass is 19.1. The third-order valence-corrected chi connectivity index (χ3v) is 7.30. The largest absolute Gasteiger partial charge is 0.481 e. The molecule has 1 saturated heterocycles. The summed E-state index contributed by atoms with van der Waals surface area (Å²) < 4.78 is 27.8. The molecule has 0 bridgehead atoms. The van der Waals surface area contributed by atoms with Gasteiger partial charge in [-0.3, -0.25) is 29.3 Å². The normalized spacial score (nSPS) is 18.3. The number of rotatable bonds is 8. The number of carboxylic acid groups (broad SMARTS) is 1. The molecule has 2 aliphatic rings. The monoisotopic (exact) mass is 558 g/mol. The van der Waals surface area contributed by atoms with E-state index in [9.17, 15) is 43.2 Å². The second-order valence-electron chi connectivity index (χ2n) is 9.94. The zero-order chi connectivity index (χ0) is 29.0. The molecule has 40 heavy (non-hydrogen) atoms. The maximum atomic E-state index is 13.9. The second kappa shape index (κ2) is 12.2. The molecule has 2 aromatic rings. The predicted molar refractivity (Wildman–Crippen MR) is 136 cm³/mol. The number of hydrogen-bond donors (Lipinski definition) is 2. The number of nitrogens with zero attached hydrogens (tertiary/aromatic N) is 3. The van der Waals surface area contributed by atoms with Crippen molar-refractivity contribution in [1.29, 1.82) is 0 Å². The van der Waals surface area contributed by atoms with E-state index < -0.39 is 52.5 Å². The van der Waals surface area contributed by atoms with Crippen LogP contribution in [0, 0.1) is 27.7 Å². The third-order valence-electron chi connectivity index (χ3n) is 7.30. The predicted octanol–water partition coefficient (Wildman–Crippen LogP) is 3.34. The fraction of sp³-hybridized carbons (Fsp3) is 0.407. The van der Waals surface area contributed by atoms with E-state index in [4.69, 9.17) is 0 Å². The molecule has 1 saturated carbocycles. The van der Waals surface area contributed by atoms with Gasteiger partial charge in [-0.1, -0.05) is 19.3 Å². The zero-order valence-corrected chi connectivity index (χ0v) is 21.4. The van der Waals surface area contributed by atoms with E-state index in [0.717, 1.165) is 53.3 Å². The zero-order valence-electron chi connectivity index (χ0n) is 21.4. The Labute approximate surface area is 227 Å². The number of aliphatic carboxylic acids is 1. The average Bonchev–Trinajstić information content (AvgIpc) is 3.37. The molecule has 0 spiro atoms. The minimum Gasteiger partial charge on any atom is -0.481 e. The molecule has 2 N–H and O–H groups in total. The van der Waals surface area contributed by atoms with Gasteiger partial charge in [-0.05, 0) is 43.0 Å². The van der Waals surface area contributed by atoms with E-state index >= 15 is 0 Å². The molecule has 11 nitrogen and oxygen atoms in total. The van der Waals surface area contributed by atoms with Crippen molar-refractivity contribution in [2.24, 2.45) is 5.92 Å². The summed E-state index contributed by atoms with van der Waals surface area (Å²) in [5, 5.41) is 23.2. The Hall–Kier alpha value is -4.42. The summed E-state index contributed by atoms with van der Waals surface area (Å²) in [5.74, 6) is -5.65. The standard InChI is InChI=1S/C27H28F2N4O7/c28-19-12-18(13-20(29)14-19)27(38)32-11-10-31(26(37)17-6-8-21(9-7-17)33(39)40)25(32)24(36)30-22(15-23(34)35)16-4-2-1-3-5-16/h6-9,12-14,16,22,25H,1-5,10-11,15H2,(H,30,36)(H,34,35). The van der Waals surface area contributed by atoms with Crippen molar-refractivity contribution in [3.8, 4) is 0 Å². The lowest BCUT2D eigenvalue weighted by Crippen LogP contribution is -2.57. The molecular formula is C27H28F2N4O7. The van der Waals surface area contributed by atoms with Crippen LogP contribution in [0.3, 0.4) is 0 Å². The molecule has 2 unspecified atom stereocenters. The number of hydrogen-bond acceptors (Lipinski definition) is 6. The number of nitrogens with one attached hydrogen (secondary N) is 1. The minimum atomic E-state index is -1.55. The summed E-state index contributed by atoms with van der Waals surface area (Å²) in [5.41, 5.74) is -0.598. The SMILES string of the molecule is O=C(O)CC(NC(=O)C1N(C(=O)c2ccc([N+](=O)[O-])cc2)CCN1C(=O)c1cc(F)cc(F)c1)C1CCCCC1. The Bertz CT molecular complexity index is 1290. The van der Waals surface area contributed by atoms with Gasteiger partial charge < -0.3 is 20.2 Å². The molecule has 0 aromatic heterocycles. The van der Waals surface area contributed by atoms with Crippen LogP contribution in [0.2, 0.25) is 0 Å². The number of carbonyl (C=O) groups excluding carboxylic acids is 3. The highest BCUT2D eigenvalue weighted by Gasteiger charge is 2.44. The summed E-state index contributed by atoms with van der Waals surface area (Å²) in [4.78, 5) is 64.6.